The van der Waals surface area contributed by atoms with Gasteiger partial charge in [-0.1, -0.05) is 33.3 Å². The highest BCUT2D eigenvalue weighted by Crippen LogP contribution is 2.28. The molecule has 1 heterocycles. The smallest absolute Gasteiger partial charge is 0.252 e. The fourth-order valence-electron chi connectivity index (χ4n) is 2.75. The van der Waals surface area contributed by atoms with E-state index in [9.17, 15) is 4.79 Å². The van der Waals surface area contributed by atoms with Gasteiger partial charge in [0.15, 0.2) is 16.3 Å². The van der Waals surface area contributed by atoms with E-state index < -0.39 is 0 Å². The lowest BCUT2D eigenvalue weighted by atomic mass is 10.1. The monoisotopic (exact) mass is 434 g/mol. The third-order valence-corrected chi connectivity index (χ3v) is 5.52. The molecular weight excluding hydrogens is 416 g/mol. The molecule has 0 aliphatic rings. The second-order valence-corrected chi connectivity index (χ2v) is 7.54. The van der Waals surface area contributed by atoms with Crippen LogP contribution in [0.15, 0.2) is 45.9 Å². The number of halogens is 1. The molecule has 2 aromatic carbocycles. The first-order valence-corrected chi connectivity index (χ1v) is 9.74. The number of ether oxygens (including phenoxy) is 2. The van der Waals surface area contributed by atoms with Crippen LogP contribution < -0.4 is 14.3 Å². The van der Waals surface area contributed by atoms with Crippen LogP contribution in [0.5, 0.6) is 11.5 Å². The van der Waals surface area contributed by atoms with Crippen LogP contribution >= 0.6 is 27.3 Å². The summed E-state index contributed by atoms with van der Waals surface area (Å²) in [5.74, 6) is 1.05. The number of hydrogen-bond acceptors (Lipinski definition) is 4. The van der Waals surface area contributed by atoms with Crippen molar-refractivity contribution in [1.82, 2.24) is 4.57 Å². The van der Waals surface area contributed by atoms with E-state index in [-0.39, 0.29) is 12.3 Å². The average molecular weight is 435 g/mol. The lowest BCUT2D eigenvalue weighted by molar-refractivity contribution is -0.117. The molecule has 26 heavy (non-hydrogen) atoms. The first-order chi connectivity index (χ1) is 12.5. The molecule has 0 unspecified atom stereocenters. The standard InChI is InChI=1S/C19H19BrN2O3S/c1-4-22-14-7-6-13(20)11-17(14)26-19(22)21-18(23)10-12-5-8-15(24-2)16(9-12)25-3/h5-9,11H,4,10H2,1-3H3. The number of methoxy groups -OCH3 is 2. The maximum Gasteiger partial charge on any atom is 0.252 e. The van der Waals surface area contributed by atoms with Gasteiger partial charge in [-0.3, -0.25) is 4.79 Å². The number of nitrogens with zero attached hydrogens (tertiary/aromatic N) is 2. The normalized spacial score (nSPS) is 11.8. The lowest BCUT2D eigenvalue weighted by Gasteiger charge is -2.08. The van der Waals surface area contributed by atoms with Gasteiger partial charge < -0.3 is 14.0 Å². The molecule has 3 aromatic rings. The van der Waals surface area contributed by atoms with Gasteiger partial charge in [0, 0.05) is 11.0 Å². The Labute approximate surface area is 164 Å². The van der Waals surface area contributed by atoms with Gasteiger partial charge in [-0.2, -0.15) is 4.99 Å². The largest absolute Gasteiger partial charge is 0.493 e. The summed E-state index contributed by atoms with van der Waals surface area (Å²) >= 11 is 5.00. The molecule has 5 nitrogen and oxygen atoms in total. The first-order valence-electron chi connectivity index (χ1n) is 8.13. The Balaban J connectivity index is 1.93. The van der Waals surface area contributed by atoms with Crippen molar-refractivity contribution < 1.29 is 14.3 Å². The number of aryl methyl sites for hydroxylation is 1. The minimum absolute atomic E-state index is 0.190. The Morgan fingerprint density at radius 2 is 1.92 bits per heavy atom. The molecule has 0 aliphatic carbocycles. The highest BCUT2D eigenvalue weighted by atomic mass is 79.9. The summed E-state index contributed by atoms with van der Waals surface area (Å²) in [6.45, 7) is 2.80. The number of benzene rings is 2. The zero-order valence-electron chi connectivity index (χ0n) is 14.8. The van der Waals surface area contributed by atoms with Crippen LogP contribution in [0.3, 0.4) is 0 Å². The fourth-order valence-corrected chi connectivity index (χ4v) is 4.41. The van der Waals surface area contributed by atoms with Crippen molar-refractivity contribution in [3.05, 3.63) is 51.2 Å². The zero-order valence-corrected chi connectivity index (χ0v) is 17.2. The molecule has 3 rings (SSSR count). The minimum atomic E-state index is -0.190. The first kappa shape index (κ1) is 18.7. The molecule has 0 aliphatic heterocycles. The van der Waals surface area contributed by atoms with E-state index in [1.165, 1.54) is 11.3 Å². The summed E-state index contributed by atoms with van der Waals surface area (Å²) in [6.07, 6.45) is 0.210. The van der Waals surface area contributed by atoms with E-state index in [0.717, 1.165) is 26.8 Å². The van der Waals surface area contributed by atoms with Crippen molar-refractivity contribution in [2.24, 2.45) is 4.99 Å². The molecule has 0 radical (unpaired) electrons. The Hall–Kier alpha value is -2.12. The molecule has 0 saturated heterocycles. The van der Waals surface area contributed by atoms with E-state index in [0.29, 0.717) is 16.3 Å². The third-order valence-electron chi connectivity index (χ3n) is 3.98. The number of rotatable bonds is 5. The number of amides is 1. The van der Waals surface area contributed by atoms with Gasteiger partial charge in [-0.05, 0) is 42.8 Å². The molecule has 136 valence electrons. The van der Waals surface area contributed by atoms with Crippen LogP contribution in [0.4, 0.5) is 0 Å². The van der Waals surface area contributed by atoms with Gasteiger partial charge in [0.25, 0.3) is 5.91 Å². The average Bonchev–Trinajstić information content (AvgIpc) is 2.97. The maximum absolute atomic E-state index is 12.5. The minimum Gasteiger partial charge on any atom is -0.493 e. The fraction of sp³-hybridized carbons (Fsp3) is 0.263. The van der Waals surface area contributed by atoms with Crippen molar-refractivity contribution in [3.8, 4) is 11.5 Å². The predicted octanol–water partition coefficient (Wildman–Crippen LogP) is 4.17. The molecule has 0 saturated carbocycles. The van der Waals surface area contributed by atoms with Crippen LogP contribution in [0.2, 0.25) is 0 Å². The van der Waals surface area contributed by atoms with Gasteiger partial charge in [-0.25, -0.2) is 0 Å². The van der Waals surface area contributed by atoms with Gasteiger partial charge in [0.2, 0.25) is 0 Å². The summed E-state index contributed by atoms with van der Waals surface area (Å²) in [5.41, 5.74) is 1.92. The van der Waals surface area contributed by atoms with Crippen molar-refractivity contribution in [3.63, 3.8) is 0 Å². The third kappa shape index (κ3) is 3.83. The van der Waals surface area contributed by atoms with E-state index in [1.54, 1.807) is 20.3 Å². The highest BCUT2D eigenvalue weighted by molar-refractivity contribution is 9.10. The van der Waals surface area contributed by atoms with Crippen molar-refractivity contribution in [2.45, 2.75) is 19.9 Å². The van der Waals surface area contributed by atoms with Gasteiger partial charge in [-0.15, -0.1) is 0 Å². The van der Waals surface area contributed by atoms with Gasteiger partial charge >= 0.3 is 0 Å². The summed E-state index contributed by atoms with van der Waals surface area (Å²) in [4.78, 5) is 17.6. The van der Waals surface area contributed by atoms with Crippen LogP contribution in [0.25, 0.3) is 10.2 Å². The molecular formula is C19H19BrN2O3S. The predicted molar refractivity (Wildman–Crippen MR) is 107 cm³/mol. The zero-order chi connectivity index (χ0) is 18.7. The summed E-state index contributed by atoms with van der Waals surface area (Å²) < 4.78 is 14.7. The van der Waals surface area contributed by atoms with Crippen molar-refractivity contribution in [1.29, 1.82) is 0 Å². The topological polar surface area (TPSA) is 52.8 Å². The second kappa shape index (κ2) is 8.05. The van der Waals surface area contributed by atoms with Gasteiger partial charge in [0.05, 0.1) is 30.9 Å². The molecule has 0 atom stereocenters. The van der Waals surface area contributed by atoms with E-state index in [2.05, 4.69) is 25.5 Å². The SMILES string of the molecule is CCn1c(=NC(=O)Cc2ccc(OC)c(OC)c2)sc2cc(Br)ccc21. The molecule has 0 bridgehead atoms. The highest BCUT2D eigenvalue weighted by Gasteiger charge is 2.10. The van der Waals surface area contributed by atoms with E-state index in [4.69, 9.17) is 9.47 Å². The van der Waals surface area contributed by atoms with E-state index in [1.807, 2.05) is 37.3 Å². The maximum atomic E-state index is 12.5. The van der Waals surface area contributed by atoms with Crippen LogP contribution in [0.1, 0.15) is 12.5 Å². The van der Waals surface area contributed by atoms with Crippen LogP contribution in [-0.4, -0.2) is 24.7 Å². The van der Waals surface area contributed by atoms with Crippen LogP contribution in [-0.2, 0) is 17.8 Å². The number of hydrogen-bond donors (Lipinski definition) is 0. The Kier molecular flexibility index (Phi) is 5.78. The van der Waals surface area contributed by atoms with Crippen molar-refractivity contribution >= 4 is 43.4 Å². The number of thiazole rings is 1. The number of carbonyl (C=O) groups excluding carboxylic acids is 1. The Bertz CT molecular complexity index is 1020. The molecule has 7 heteroatoms. The van der Waals surface area contributed by atoms with Crippen LogP contribution in [0, 0.1) is 0 Å². The summed E-state index contributed by atoms with van der Waals surface area (Å²) in [6, 6.07) is 11.5. The molecule has 0 fully saturated rings. The summed E-state index contributed by atoms with van der Waals surface area (Å²) in [5, 5.41) is 0. The Morgan fingerprint density at radius 1 is 1.15 bits per heavy atom. The number of carbonyl (C=O) groups is 1. The lowest BCUT2D eigenvalue weighted by Crippen LogP contribution is -2.16. The van der Waals surface area contributed by atoms with Crippen molar-refractivity contribution in [2.75, 3.05) is 14.2 Å². The molecule has 1 amide bonds. The number of fused-ring (bicyclic) bond motifs is 1. The molecule has 0 N–H and O–H groups in total. The Morgan fingerprint density at radius 3 is 2.62 bits per heavy atom. The molecule has 1 aromatic heterocycles. The second-order valence-electron chi connectivity index (χ2n) is 5.61. The van der Waals surface area contributed by atoms with Gasteiger partial charge in [0.1, 0.15) is 0 Å². The quantitative estimate of drug-likeness (QED) is 0.605. The number of aromatic nitrogens is 1. The molecule has 0 spiro atoms. The summed E-state index contributed by atoms with van der Waals surface area (Å²) in [7, 11) is 3.16. The van der Waals surface area contributed by atoms with E-state index >= 15 is 0 Å².